The molecule has 2 aromatic carbocycles. The fourth-order valence-corrected chi connectivity index (χ4v) is 5.64. The van der Waals surface area contributed by atoms with Crippen LogP contribution in [0.5, 0.6) is 0 Å². The standard InChI is InChI=1S/C23H25ClN4O3S/c1-17-25-11-14-28(17)22-8-4-3-7-18(22)16-26-23(29)20-15-19(9-10-21(20)24)32(30,31)27-12-5-2-6-13-27/h3-4,7-11,14-15H,2,5-6,12-13,16H2,1H3,(H,26,29). The van der Waals surface area contributed by atoms with Crippen molar-refractivity contribution in [3.05, 3.63) is 76.8 Å². The zero-order valence-electron chi connectivity index (χ0n) is 17.8. The van der Waals surface area contributed by atoms with Gasteiger partial charge in [0.1, 0.15) is 5.82 Å². The second-order valence-electron chi connectivity index (χ2n) is 7.76. The van der Waals surface area contributed by atoms with Crippen molar-refractivity contribution in [2.45, 2.75) is 37.6 Å². The first-order chi connectivity index (χ1) is 15.4. The van der Waals surface area contributed by atoms with Crippen LogP contribution in [0.3, 0.4) is 0 Å². The number of hydrogen-bond donors (Lipinski definition) is 1. The first-order valence-electron chi connectivity index (χ1n) is 10.5. The molecule has 0 aliphatic carbocycles. The van der Waals surface area contributed by atoms with Gasteiger partial charge in [0.05, 0.1) is 21.2 Å². The molecule has 4 rings (SSSR count). The Morgan fingerprint density at radius 1 is 1.12 bits per heavy atom. The highest BCUT2D eigenvalue weighted by Crippen LogP contribution is 2.25. The maximum atomic E-state index is 13.0. The lowest BCUT2D eigenvalue weighted by Crippen LogP contribution is -2.35. The molecule has 168 valence electrons. The molecule has 0 spiro atoms. The average molecular weight is 473 g/mol. The quantitative estimate of drug-likeness (QED) is 0.589. The van der Waals surface area contributed by atoms with Crippen LogP contribution in [0.4, 0.5) is 0 Å². The first-order valence-corrected chi connectivity index (χ1v) is 12.4. The van der Waals surface area contributed by atoms with Gasteiger partial charge in [-0.15, -0.1) is 0 Å². The first kappa shape index (κ1) is 22.5. The Morgan fingerprint density at radius 3 is 2.59 bits per heavy atom. The second kappa shape index (κ2) is 9.44. The van der Waals surface area contributed by atoms with Crippen LogP contribution < -0.4 is 5.32 Å². The Morgan fingerprint density at radius 2 is 1.88 bits per heavy atom. The number of para-hydroxylation sites is 1. The van der Waals surface area contributed by atoms with Gasteiger partial charge in [-0.1, -0.05) is 36.2 Å². The van der Waals surface area contributed by atoms with Crippen molar-refractivity contribution in [3.63, 3.8) is 0 Å². The number of rotatable bonds is 6. The second-order valence-corrected chi connectivity index (χ2v) is 10.1. The molecule has 7 nitrogen and oxygen atoms in total. The maximum absolute atomic E-state index is 13.0. The molecular weight excluding hydrogens is 448 g/mol. The summed E-state index contributed by atoms with van der Waals surface area (Å²) in [4.78, 5) is 17.3. The molecule has 1 N–H and O–H groups in total. The van der Waals surface area contributed by atoms with Gasteiger partial charge < -0.3 is 9.88 Å². The number of benzene rings is 2. The summed E-state index contributed by atoms with van der Waals surface area (Å²) >= 11 is 6.26. The smallest absolute Gasteiger partial charge is 0.253 e. The van der Waals surface area contributed by atoms with E-state index in [4.69, 9.17) is 11.6 Å². The largest absolute Gasteiger partial charge is 0.348 e. The van der Waals surface area contributed by atoms with Crippen molar-refractivity contribution < 1.29 is 13.2 Å². The summed E-state index contributed by atoms with van der Waals surface area (Å²) in [6, 6.07) is 12.0. The molecule has 1 aromatic heterocycles. The molecule has 0 bridgehead atoms. The fourth-order valence-electron chi connectivity index (χ4n) is 3.89. The van der Waals surface area contributed by atoms with Crippen molar-refractivity contribution in [2.75, 3.05) is 13.1 Å². The number of aromatic nitrogens is 2. The van der Waals surface area contributed by atoms with E-state index in [1.165, 1.54) is 22.5 Å². The molecule has 1 saturated heterocycles. The summed E-state index contributed by atoms with van der Waals surface area (Å²) in [6.07, 6.45) is 6.30. The lowest BCUT2D eigenvalue weighted by atomic mass is 10.1. The Labute approximate surface area is 193 Å². The fraction of sp³-hybridized carbons (Fsp3) is 0.304. The summed E-state index contributed by atoms with van der Waals surface area (Å²) in [5.41, 5.74) is 1.95. The van der Waals surface area contributed by atoms with Crippen molar-refractivity contribution in [1.29, 1.82) is 0 Å². The molecule has 32 heavy (non-hydrogen) atoms. The van der Waals surface area contributed by atoms with Crippen molar-refractivity contribution in [2.24, 2.45) is 0 Å². The number of hydrogen-bond acceptors (Lipinski definition) is 4. The van der Waals surface area contributed by atoms with E-state index in [0.29, 0.717) is 13.1 Å². The Hall–Kier alpha value is -2.68. The molecule has 1 amide bonds. The summed E-state index contributed by atoms with van der Waals surface area (Å²) in [7, 11) is -3.66. The van der Waals surface area contributed by atoms with Crippen molar-refractivity contribution in [3.8, 4) is 5.69 Å². The number of sulfonamides is 1. The van der Waals surface area contributed by atoms with E-state index in [2.05, 4.69) is 10.3 Å². The van der Waals surface area contributed by atoms with E-state index in [1.54, 1.807) is 6.20 Å². The van der Waals surface area contributed by atoms with Crippen LogP contribution in [0, 0.1) is 6.92 Å². The third kappa shape index (κ3) is 4.57. The summed E-state index contributed by atoms with van der Waals surface area (Å²) in [6.45, 7) is 3.16. The number of carbonyl (C=O) groups is 1. The third-order valence-electron chi connectivity index (χ3n) is 5.65. The van der Waals surface area contributed by atoms with Crippen molar-refractivity contribution in [1.82, 2.24) is 19.2 Å². The van der Waals surface area contributed by atoms with Gasteiger partial charge in [-0.3, -0.25) is 4.79 Å². The average Bonchev–Trinajstić information content (AvgIpc) is 3.24. The zero-order chi connectivity index (χ0) is 22.7. The highest BCUT2D eigenvalue weighted by Gasteiger charge is 2.27. The zero-order valence-corrected chi connectivity index (χ0v) is 19.4. The van der Waals surface area contributed by atoms with Gasteiger partial charge in [0.15, 0.2) is 0 Å². The van der Waals surface area contributed by atoms with Crippen LogP contribution in [0.25, 0.3) is 5.69 Å². The lowest BCUT2D eigenvalue weighted by molar-refractivity contribution is 0.0951. The van der Waals surface area contributed by atoms with Crippen LogP contribution in [0.15, 0.2) is 59.8 Å². The van der Waals surface area contributed by atoms with Crippen LogP contribution in [-0.2, 0) is 16.6 Å². The Kier molecular flexibility index (Phi) is 6.64. The maximum Gasteiger partial charge on any atom is 0.253 e. The van der Waals surface area contributed by atoms with E-state index in [0.717, 1.165) is 36.3 Å². The molecule has 1 aliphatic heterocycles. The van der Waals surface area contributed by atoms with Crippen LogP contribution >= 0.6 is 11.6 Å². The van der Waals surface area contributed by atoms with E-state index < -0.39 is 15.9 Å². The Balaban J connectivity index is 1.55. The minimum atomic E-state index is -3.66. The Bertz CT molecular complexity index is 1230. The van der Waals surface area contributed by atoms with E-state index >= 15 is 0 Å². The summed E-state index contributed by atoms with van der Waals surface area (Å²) in [5, 5.41) is 3.08. The highest BCUT2D eigenvalue weighted by molar-refractivity contribution is 7.89. The molecule has 1 aliphatic rings. The van der Waals surface area contributed by atoms with E-state index in [1.807, 2.05) is 42.0 Å². The van der Waals surface area contributed by atoms with Crippen LogP contribution in [-0.4, -0.2) is 41.3 Å². The number of imidazole rings is 1. The monoisotopic (exact) mass is 472 g/mol. The van der Waals surface area contributed by atoms with Gasteiger partial charge in [0.25, 0.3) is 5.91 Å². The molecular formula is C23H25ClN4O3S. The minimum absolute atomic E-state index is 0.0865. The number of carbonyl (C=O) groups excluding carboxylic acids is 1. The summed E-state index contributed by atoms with van der Waals surface area (Å²) < 4.78 is 29.4. The number of aryl methyl sites for hydroxylation is 1. The third-order valence-corrected chi connectivity index (χ3v) is 7.88. The molecule has 0 radical (unpaired) electrons. The van der Waals surface area contributed by atoms with E-state index in [-0.39, 0.29) is 22.0 Å². The number of amides is 1. The summed E-state index contributed by atoms with van der Waals surface area (Å²) in [5.74, 6) is 0.408. The van der Waals surface area contributed by atoms with Gasteiger partial charge in [0.2, 0.25) is 10.0 Å². The normalized spacial score (nSPS) is 14.9. The molecule has 9 heteroatoms. The molecule has 2 heterocycles. The molecule has 0 saturated carbocycles. The van der Waals surface area contributed by atoms with Gasteiger partial charge in [-0.05, 0) is 49.6 Å². The van der Waals surface area contributed by atoms with Gasteiger partial charge in [-0.2, -0.15) is 4.31 Å². The molecule has 0 atom stereocenters. The predicted molar refractivity (Wildman–Crippen MR) is 124 cm³/mol. The number of piperidine rings is 1. The van der Waals surface area contributed by atoms with E-state index in [9.17, 15) is 13.2 Å². The van der Waals surface area contributed by atoms with Crippen molar-refractivity contribution >= 4 is 27.5 Å². The highest BCUT2D eigenvalue weighted by atomic mass is 35.5. The minimum Gasteiger partial charge on any atom is -0.348 e. The molecule has 3 aromatic rings. The number of halogens is 1. The number of nitrogens with zero attached hydrogens (tertiary/aromatic N) is 3. The predicted octanol–water partition coefficient (Wildman–Crippen LogP) is 3.94. The van der Waals surface area contributed by atoms with Gasteiger partial charge in [-0.25, -0.2) is 13.4 Å². The SMILES string of the molecule is Cc1nccn1-c1ccccc1CNC(=O)c1cc(S(=O)(=O)N2CCCCC2)ccc1Cl. The number of nitrogens with one attached hydrogen (secondary N) is 1. The van der Waals surface area contributed by atoms with Gasteiger partial charge in [0, 0.05) is 32.0 Å². The topological polar surface area (TPSA) is 84.3 Å². The van der Waals surface area contributed by atoms with Gasteiger partial charge >= 0.3 is 0 Å². The molecule has 0 unspecified atom stereocenters. The van der Waals surface area contributed by atoms with Crippen LogP contribution in [0.2, 0.25) is 5.02 Å². The lowest BCUT2D eigenvalue weighted by Gasteiger charge is -2.26. The molecule has 1 fully saturated rings. The van der Waals surface area contributed by atoms with Crippen LogP contribution in [0.1, 0.15) is 41.0 Å².